The van der Waals surface area contributed by atoms with Gasteiger partial charge in [0.25, 0.3) is 0 Å². The third-order valence-corrected chi connectivity index (χ3v) is 11.2. The third kappa shape index (κ3) is 2.98. The van der Waals surface area contributed by atoms with Gasteiger partial charge in [-0.3, -0.25) is 0 Å². The molecule has 30 heavy (non-hydrogen) atoms. The average Bonchev–Trinajstić information content (AvgIpc) is 3.26. The summed E-state index contributed by atoms with van der Waals surface area (Å²) >= 11 is 1.73. The van der Waals surface area contributed by atoms with Crippen LogP contribution in [0.3, 0.4) is 0 Å². The minimum atomic E-state index is -0.579. The molecule has 0 aromatic carbocycles. The van der Waals surface area contributed by atoms with Crippen LogP contribution >= 0.6 is 11.8 Å². The van der Waals surface area contributed by atoms with Crippen LogP contribution in [0.15, 0.2) is 29.2 Å². The van der Waals surface area contributed by atoms with Gasteiger partial charge in [0.05, 0.1) is 11.7 Å². The molecule has 4 nitrogen and oxygen atoms in total. The molecule has 3 fully saturated rings. The number of allylic oxidation sites excluding steroid dienone is 1. The van der Waals surface area contributed by atoms with E-state index >= 15 is 0 Å². The first-order chi connectivity index (χ1) is 14.3. The van der Waals surface area contributed by atoms with Gasteiger partial charge in [0.2, 0.25) is 0 Å². The SMILES string of the molecule is CO[C@@H]1C=C2CC[C@H]3[C@H]4CC[C@@](O)(CSc5nccn5C)[C@@]4(C)CC[C@@H]3[C@@]2(C)CC1. The van der Waals surface area contributed by atoms with Crippen LogP contribution in [0.1, 0.15) is 65.2 Å². The number of nitrogens with zero attached hydrogens (tertiary/aromatic N) is 2. The van der Waals surface area contributed by atoms with Crippen LogP contribution in [-0.2, 0) is 11.8 Å². The van der Waals surface area contributed by atoms with Crippen molar-refractivity contribution >= 4 is 11.8 Å². The van der Waals surface area contributed by atoms with E-state index in [2.05, 4.69) is 29.5 Å². The standard InChI is InChI=1S/C25H38N2O2S/c1-23-10-7-18(29-4)15-17(23)5-6-19-20(23)8-11-24(2)21(19)9-12-25(24,28)16-30-22-26-13-14-27(22)3/h13-15,18-21,28H,5-12,16H2,1-4H3/t18-,19+,20-,21+,23-,24-,25+/m0/s1. The van der Waals surface area contributed by atoms with E-state index in [0.29, 0.717) is 17.4 Å². The molecule has 1 N–H and O–H groups in total. The molecule has 0 amide bonds. The first kappa shape index (κ1) is 21.1. The second-order valence-electron chi connectivity index (χ2n) is 11.0. The van der Waals surface area contributed by atoms with Crippen LogP contribution in [0.2, 0.25) is 0 Å². The van der Waals surface area contributed by atoms with Gasteiger partial charge in [-0.15, -0.1) is 0 Å². The zero-order valence-electron chi connectivity index (χ0n) is 19.1. The Morgan fingerprint density at radius 2 is 1.97 bits per heavy atom. The zero-order chi connectivity index (χ0) is 21.1. The molecular formula is C25H38N2O2S. The highest BCUT2D eigenvalue weighted by atomic mass is 32.2. The number of aliphatic hydroxyl groups is 1. The van der Waals surface area contributed by atoms with Gasteiger partial charge in [-0.2, -0.15) is 0 Å². The number of aromatic nitrogens is 2. The lowest BCUT2D eigenvalue weighted by atomic mass is 9.46. The Balaban J connectivity index is 1.37. The Bertz CT molecular complexity index is 837. The molecule has 5 heteroatoms. The highest BCUT2D eigenvalue weighted by Gasteiger charge is 2.63. The smallest absolute Gasteiger partial charge is 0.167 e. The molecule has 1 heterocycles. The van der Waals surface area contributed by atoms with Gasteiger partial charge in [0.1, 0.15) is 0 Å². The van der Waals surface area contributed by atoms with Crippen LogP contribution in [-0.4, -0.2) is 39.2 Å². The van der Waals surface area contributed by atoms with Gasteiger partial charge < -0.3 is 14.4 Å². The molecule has 5 rings (SSSR count). The number of imidazole rings is 1. The quantitative estimate of drug-likeness (QED) is 0.525. The second kappa shape index (κ2) is 7.38. The summed E-state index contributed by atoms with van der Waals surface area (Å²) in [5, 5.41) is 12.9. The highest BCUT2D eigenvalue weighted by molar-refractivity contribution is 7.99. The molecule has 0 aliphatic heterocycles. The molecule has 0 spiro atoms. The van der Waals surface area contributed by atoms with E-state index in [1.807, 2.05) is 26.6 Å². The van der Waals surface area contributed by atoms with E-state index in [1.54, 1.807) is 17.3 Å². The Labute approximate surface area is 185 Å². The van der Waals surface area contributed by atoms with E-state index in [1.165, 1.54) is 32.1 Å². The van der Waals surface area contributed by atoms with Crippen molar-refractivity contribution in [1.82, 2.24) is 9.55 Å². The summed E-state index contributed by atoms with van der Waals surface area (Å²) < 4.78 is 7.74. The van der Waals surface area contributed by atoms with Crippen molar-refractivity contribution in [3.63, 3.8) is 0 Å². The molecule has 0 unspecified atom stereocenters. The summed E-state index contributed by atoms with van der Waals surface area (Å²) in [5.74, 6) is 2.96. The Morgan fingerprint density at radius 3 is 2.70 bits per heavy atom. The summed E-state index contributed by atoms with van der Waals surface area (Å²) in [4.78, 5) is 4.47. The number of methoxy groups -OCH3 is 1. The van der Waals surface area contributed by atoms with Crippen LogP contribution in [0.25, 0.3) is 0 Å². The van der Waals surface area contributed by atoms with Crippen molar-refractivity contribution in [2.24, 2.45) is 35.6 Å². The fraction of sp³-hybridized carbons (Fsp3) is 0.800. The summed E-state index contributed by atoms with van der Waals surface area (Å²) in [5.41, 5.74) is 1.48. The van der Waals surface area contributed by atoms with E-state index in [9.17, 15) is 5.11 Å². The van der Waals surface area contributed by atoms with Crippen molar-refractivity contribution in [2.45, 2.75) is 82.1 Å². The largest absolute Gasteiger partial charge is 0.388 e. The van der Waals surface area contributed by atoms with E-state index in [0.717, 1.165) is 42.0 Å². The summed E-state index contributed by atoms with van der Waals surface area (Å²) in [6.45, 7) is 4.96. The number of thioether (sulfide) groups is 1. The number of aryl methyl sites for hydroxylation is 1. The predicted octanol–water partition coefficient (Wildman–Crippen LogP) is 5.22. The fourth-order valence-electron chi connectivity index (χ4n) is 7.90. The lowest BCUT2D eigenvalue weighted by Crippen LogP contribution is -2.55. The summed E-state index contributed by atoms with van der Waals surface area (Å²) in [7, 11) is 3.89. The lowest BCUT2D eigenvalue weighted by molar-refractivity contribution is -0.116. The molecule has 1 aromatic heterocycles. The van der Waals surface area contributed by atoms with Gasteiger partial charge in [0, 0.05) is 37.7 Å². The van der Waals surface area contributed by atoms with Crippen LogP contribution in [0, 0.1) is 28.6 Å². The Morgan fingerprint density at radius 1 is 1.17 bits per heavy atom. The van der Waals surface area contributed by atoms with Crippen molar-refractivity contribution in [3.05, 3.63) is 24.0 Å². The lowest BCUT2D eigenvalue weighted by Gasteiger charge is -2.59. The summed E-state index contributed by atoms with van der Waals surface area (Å²) in [6, 6.07) is 0. The van der Waals surface area contributed by atoms with Crippen molar-refractivity contribution < 1.29 is 9.84 Å². The molecule has 0 saturated heterocycles. The maximum atomic E-state index is 11.9. The molecule has 4 aliphatic rings. The number of hydrogen-bond donors (Lipinski definition) is 1. The zero-order valence-corrected chi connectivity index (χ0v) is 19.9. The van der Waals surface area contributed by atoms with Gasteiger partial charge in [-0.1, -0.05) is 37.3 Å². The molecule has 1 aromatic rings. The minimum Gasteiger partial charge on any atom is -0.388 e. The molecule has 166 valence electrons. The Kier molecular flexibility index (Phi) is 5.19. The number of fused-ring (bicyclic) bond motifs is 5. The van der Waals surface area contributed by atoms with Crippen molar-refractivity contribution in [1.29, 1.82) is 0 Å². The monoisotopic (exact) mass is 430 g/mol. The van der Waals surface area contributed by atoms with Crippen molar-refractivity contribution in [3.8, 4) is 0 Å². The first-order valence-electron chi connectivity index (χ1n) is 11.9. The fourth-order valence-corrected chi connectivity index (χ4v) is 9.15. The molecule has 7 atom stereocenters. The maximum Gasteiger partial charge on any atom is 0.167 e. The number of ether oxygens (including phenoxy) is 1. The number of rotatable bonds is 4. The normalized spacial score (nSPS) is 45.4. The Hall–Kier alpha value is -0.780. The van der Waals surface area contributed by atoms with E-state index < -0.39 is 5.60 Å². The first-order valence-corrected chi connectivity index (χ1v) is 12.9. The van der Waals surface area contributed by atoms with E-state index in [-0.39, 0.29) is 5.41 Å². The average molecular weight is 431 g/mol. The van der Waals surface area contributed by atoms with Crippen molar-refractivity contribution in [2.75, 3.05) is 12.9 Å². The van der Waals surface area contributed by atoms with E-state index in [4.69, 9.17) is 4.74 Å². The molecule has 4 aliphatic carbocycles. The maximum absolute atomic E-state index is 11.9. The third-order valence-electron chi connectivity index (χ3n) is 9.91. The molecule has 3 saturated carbocycles. The van der Waals surface area contributed by atoms with Gasteiger partial charge in [0.15, 0.2) is 5.16 Å². The van der Waals surface area contributed by atoms with Crippen LogP contribution < -0.4 is 0 Å². The molecule has 0 bridgehead atoms. The van der Waals surface area contributed by atoms with Gasteiger partial charge in [-0.25, -0.2) is 4.98 Å². The highest BCUT2D eigenvalue weighted by Crippen LogP contribution is 2.68. The van der Waals surface area contributed by atoms with Gasteiger partial charge >= 0.3 is 0 Å². The molecule has 0 radical (unpaired) electrons. The van der Waals surface area contributed by atoms with Gasteiger partial charge in [-0.05, 0) is 74.5 Å². The predicted molar refractivity (Wildman–Crippen MR) is 121 cm³/mol. The topological polar surface area (TPSA) is 47.3 Å². The summed E-state index contributed by atoms with van der Waals surface area (Å²) in [6.07, 6.45) is 16.1. The van der Waals surface area contributed by atoms with Crippen LogP contribution in [0.4, 0.5) is 0 Å². The second-order valence-corrected chi connectivity index (χ2v) is 11.9. The minimum absolute atomic E-state index is 0.0354. The molecular weight excluding hydrogens is 392 g/mol. The van der Waals surface area contributed by atoms with Crippen LogP contribution in [0.5, 0.6) is 0 Å². The number of hydrogen-bond acceptors (Lipinski definition) is 4.